The molecule has 1 heterocycles. The zero-order valence-corrected chi connectivity index (χ0v) is 14.4. The quantitative estimate of drug-likeness (QED) is 0.700. The van der Waals surface area contributed by atoms with Gasteiger partial charge in [-0.2, -0.15) is 0 Å². The molecule has 0 aliphatic carbocycles. The molecule has 1 aromatic heterocycles. The largest absolute Gasteiger partial charge is 0.497 e. The second kappa shape index (κ2) is 7.60. The molecule has 7 nitrogen and oxygen atoms in total. The Balaban J connectivity index is 1.77. The first-order chi connectivity index (χ1) is 12.6. The Morgan fingerprint density at radius 1 is 1.12 bits per heavy atom. The summed E-state index contributed by atoms with van der Waals surface area (Å²) in [6.45, 7) is 0.0975. The van der Waals surface area contributed by atoms with Crippen molar-refractivity contribution in [1.82, 2.24) is 4.98 Å². The minimum absolute atomic E-state index is 0.0975. The maximum atomic E-state index is 11.6. The van der Waals surface area contributed by atoms with Crippen molar-refractivity contribution in [3.63, 3.8) is 0 Å². The molecule has 0 saturated carbocycles. The number of ether oxygens (including phenoxy) is 3. The third kappa shape index (κ3) is 3.61. The van der Waals surface area contributed by atoms with Crippen molar-refractivity contribution in [1.29, 1.82) is 0 Å². The van der Waals surface area contributed by atoms with E-state index in [1.807, 2.05) is 24.3 Å². The van der Waals surface area contributed by atoms with E-state index in [9.17, 15) is 4.79 Å². The first-order valence-electron chi connectivity index (χ1n) is 7.80. The summed E-state index contributed by atoms with van der Waals surface area (Å²) in [5.74, 6) is 1.30. The van der Waals surface area contributed by atoms with Crippen molar-refractivity contribution < 1.29 is 23.4 Å². The predicted molar refractivity (Wildman–Crippen MR) is 94.3 cm³/mol. The Hall–Kier alpha value is -3.48. The minimum atomic E-state index is -0.599. The standard InChI is InChI=1S/C19H18N2O5/c1-23-14-8-6-12(7-9-14)19-21-13(11-26-19)10-25-17-15(18(20)22)4-3-5-16(17)24-2/h3-9,11H,10H2,1-2H3,(H2,20,22). The number of amides is 1. The number of carbonyl (C=O) groups excluding carboxylic acids is 1. The van der Waals surface area contributed by atoms with E-state index in [0.29, 0.717) is 17.3 Å². The number of benzene rings is 2. The molecule has 0 aliphatic heterocycles. The van der Waals surface area contributed by atoms with Crippen LogP contribution in [0.4, 0.5) is 0 Å². The van der Waals surface area contributed by atoms with E-state index >= 15 is 0 Å². The van der Waals surface area contributed by atoms with Crippen LogP contribution in [0.5, 0.6) is 17.2 Å². The van der Waals surface area contributed by atoms with Crippen LogP contribution in [0.15, 0.2) is 53.1 Å². The maximum absolute atomic E-state index is 11.6. The van der Waals surface area contributed by atoms with Crippen LogP contribution in [0.25, 0.3) is 11.5 Å². The average Bonchev–Trinajstić information content (AvgIpc) is 3.15. The van der Waals surface area contributed by atoms with Gasteiger partial charge in [0.15, 0.2) is 11.5 Å². The third-order valence-electron chi connectivity index (χ3n) is 3.72. The summed E-state index contributed by atoms with van der Waals surface area (Å²) in [4.78, 5) is 16.0. The van der Waals surface area contributed by atoms with Gasteiger partial charge in [-0.1, -0.05) is 6.07 Å². The fourth-order valence-electron chi connectivity index (χ4n) is 2.41. The topological polar surface area (TPSA) is 96.8 Å². The second-order valence-electron chi connectivity index (χ2n) is 5.36. The highest BCUT2D eigenvalue weighted by Gasteiger charge is 2.16. The molecule has 134 valence electrons. The summed E-state index contributed by atoms with van der Waals surface area (Å²) in [7, 11) is 3.10. The summed E-state index contributed by atoms with van der Waals surface area (Å²) >= 11 is 0. The number of carbonyl (C=O) groups is 1. The number of hydrogen-bond acceptors (Lipinski definition) is 6. The lowest BCUT2D eigenvalue weighted by Gasteiger charge is -2.12. The highest BCUT2D eigenvalue weighted by Crippen LogP contribution is 2.31. The van der Waals surface area contributed by atoms with E-state index in [2.05, 4.69) is 4.98 Å². The number of para-hydroxylation sites is 1. The van der Waals surface area contributed by atoms with Crippen LogP contribution < -0.4 is 19.9 Å². The fraction of sp³-hybridized carbons (Fsp3) is 0.158. The molecule has 1 amide bonds. The van der Waals surface area contributed by atoms with Gasteiger partial charge in [0.2, 0.25) is 5.89 Å². The van der Waals surface area contributed by atoms with Gasteiger partial charge in [-0.25, -0.2) is 4.98 Å². The van der Waals surface area contributed by atoms with Crippen LogP contribution in [-0.2, 0) is 6.61 Å². The monoisotopic (exact) mass is 354 g/mol. The minimum Gasteiger partial charge on any atom is -0.497 e. The van der Waals surface area contributed by atoms with Crippen molar-refractivity contribution in [3.8, 4) is 28.7 Å². The molecule has 2 aromatic carbocycles. The Morgan fingerprint density at radius 3 is 2.54 bits per heavy atom. The number of methoxy groups -OCH3 is 2. The fourth-order valence-corrected chi connectivity index (χ4v) is 2.41. The molecule has 3 rings (SSSR count). The second-order valence-corrected chi connectivity index (χ2v) is 5.36. The first-order valence-corrected chi connectivity index (χ1v) is 7.80. The molecule has 2 N–H and O–H groups in total. The van der Waals surface area contributed by atoms with E-state index in [-0.39, 0.29) is 17.9 Å². The molecule has 0 unspecified atom stereocenters. The number of nitrogens with zero attached hydrogens (tertiary/aromatic N) is 1. The summed E-state index contributed by atoms with van der Waals surface area (Å²) < 4.78 is 21.6. The van der Waals surface area contributed by atoms with Crippen LogP contribution in [0.3, 0.4) is 0 Å². The Kier molecular flexibility index (Phi) is 5.07. The maximum Gasteiger partial charge on any atom is 0.252 e. The van der Waals surface area contributed by atoms with Crippen molar-refractivity contribution in [3.05, 3.63) is 60.0 Å². The summed E-state index contributed by atoms with van der Waals surface area (Å²) in [6.07, 6.45) is 1.50. The molecule has 0 aliphatic rings. The molecular weight excluding hydrogens is 336 g/mol. The van der Waals surface area contributed by atoms with Gasteiger partial charge in [0, 0.05) is 5.56 Å². The van der Waals surface area contributed by atoms with E-state index in [1.165, 1.54) is 13.4 Å². The lowest BCUT2D eigenvalue weighted by atomic mass is 10.2. The summed E-state index contributed by atoms with van der Waals surface area (Å²) in [6, 6.07) is 12.3. The van der Waals surface area contributed by atoms with E-state index in [0.717, 1.165) is 11.3 Å². The van der Waals surface area contributed by atoms with Crippen LogP contribution in [0, 0.1) is 0 Å². The molecular formula is C19H18N2O5. The zero-order chi connectivity index (χ0) is 18.5. The molecule has 3 aromatic rings. The predicted octanol–water partition coefficient (Wildman–Crippen LogP) is 3.04. The van der Waals surface area contributed by atoms with Crippen molar-refractivity contribution in [2.45, 2.75) is 6.61 Å². The van der Waals surface area contributed by atoms with Crippen molar-refractivity contribution >= 4 is 5.91 Å². The van der Waals surface area contributed by atoms with Crippen LogP contribution in [0.2, 0.25) is 0 Å². The first kappa shape index (κ1) is 17.3. The lowest BCUT2D eigenvalue weighted by Crippen LogP contribution is -2.13. The van der Waals surface area contributed by atoms with Crippen LogP contribution in [-0.4, -0.2) is 25.1 Å². The highest BCUT2D eigenvalue weighted by molar-refractivity contribution is 5.96. The molecule has 0 bridgehead atoms. The number of rotatable bonds is 7. The SMILES string of the molecule is COc1ccc(-c2nc(COc3c(OC)cccc3C(N)=O)co2)cc1. The Morgan fingerprint density at radius 2 is 1.88 bits per heavy atom. The normalized spacial score (nSPS) is 10.4. The van der Waals surface area contributed by atoms with E-state index < -0.39 is 5.91 Å². The van der Waals surface area contributed by atoms with Crippen LogP contribution in [0.1, 0.15) is 16.1 Å². The third-order valence-corrected chi connectivity index (χ3v) is 3.72. The van der Waals surface area contributed by atoms with Gasteiger partial charge in [0.05, 0.1) is 19.8 Å². The molecule has 0 saturated heterocycles. The summed E-state index contributed by atoms with van der Waals surface area (Å²) in [5, 5.41) is 0. The molecule has 0 atom stereocenters. The Bertz CT molecular complexity index is 903. The molecule has 0 fully saturated rings. The highest BCUT2D eigenvalue weighted by atomic mass is 16.5. The molecule has 7 heteroatoms. The lowest BCUT2D eigenvalue weighted by molar-refractivity contribution is 0.0995. The number of hydrogen-bond donors (Lipinski definition) is 1. The van der Waals surface area contributed by atoms with Gasteiger partial charge in [0.1, 0.15) is 24.3 Å². The summed E-state index contributed by atoms with van der Waals surface area (Å²) in [5.41, 5.74) is 7.01. The van der Waals surface area contributed by atoms with E-state index in [1.54, 1.807) is 25.3 Å². The van der Waals surface area contributed by atoms with Gasteiger partial charge in [-0.05, 0) is 36.4 Å². The van der Waals surface area contributed by atoms with Gasteiger partial charge in [-0.15, -0.1) is 0 Å². The molecule has 0 radical (unpaired) electrons. The number of aromatic nitrogens is 1. The number of primary amides is 1. The van der Waals surface area contributed by atoms with Crippen molar-refractivity contribution in [2.24, 2.45) is 5.73 Å². The molecule has 0 spiro atoms. The Labute approximate surface area is 150 Å². The average molecular weight is 354 g/mol. The smallest absolute Gasteiger partial charge is 0.252 e. The van der Waals surface area contributed by atoms with Gasteiger partial charge in [0.25, 0.3) is 5.91 Å². The number of oxazole rings is 1. The van der Waals surface area contributed by atoms with Crippen LogP contribution >= 0.6 is 0 Å². The molecule has 26 heavy (non-hydrogen) atoms. The van der Waals surface area contributed by atoms with Gasteiger partial charge < -0.3 is 24.4 Å². The van der Waals surface area contributed by atoms with E-state index in [4.69, 9.17) is 24.4 Å². The van der Waals surface area contributed by atoms with Gasteiger partial charge >= 0.3 is 0 Å². The van der Waals surface area contributed by atoms with Gasteiger partial charge in [-0.3, -0.25) is 4.79 Å². The van der Waals surface area contributed by atoms with Crippen molar-refractivity contribution in [2.75, 3.05) is 14.2 Å². The zero-order valence-electron chi connectivity index (χ0n) is 14.4. The number of nitrogens with two attached hydrogens (primary N) is 1.